The van der Waals surface area contributed by atoms with Crippen molar-refractivity contribution in [2.24, 2.45) is 0 Å². The van der Waals surface area contributed by atoms with Gasteiger partial charge in [-0.05, 0) is 30.3 Å². The van der Waals surface area contributed by atoms with E-state index < -0.39 is 0 Å². The predicted octanol–water partition coefficient (Wildman–Crippen LogP) is 2.79. The Kier molecular flexibility index (Phi) is 5.28. The van der Waals surface area contributed by atoms with Crippen LogP contribution in [0.4, 0.5) is 0 Å². The molecule has 0 saturated carbocycles. The second-order valence-corrected chi connectivity index (χ2v) is 6.31. The number of ketones is 1. The highest BCUT2D eigenvalue weighted by atomic mass is 16.5. The van der Waals surface area contributed by atoms with Gasteiger partial charge in [-0.2, -0.15) is 0 Å². The Bertz CT molecular complexity index is 672. The van der Waals surface area contributed by atoms with Crippen molar-refractivity contribution >= 4 is 5.78 Å². The third-order valence-electron chi connectivity index (χ3n) is 4.59. The zero-order valence-electron chi connectivity index (χ0n) is 14.4. The monoisotopic (exact) mass is 324 g/mol. The Morgan fingerprint density at radius 1 is 0.917 bits per heavy atom. The topological polar surface area (TPSA) is 32.8 Å². The molecule has 1 fully saturated rings. The summed E-state index contributed by atoms with van der Waals surface area (Å²) in [7, 11) is 3.78. The van der Waals surface area contributed by atoms with Crippen LogP contribution >= 0.6 is 0 Å². The second-order valence-electron chi connectivity index (χ2n) is 6.31. The lowest BCUT2D eigenvalue weighted by molar-refractivity contribution is 0.0876. The van der Waals surface area contributed by atoms with Gasteiger partial charge in [0.2, 0.25) is 0 Å². The van der Waals surface area contributed by atoms with E-state index in [9.17, 15) is 4.79 Å². The molecule has 0 aromatic heterocycles. The number of Topliss-reactive ketones (excluding diaryl/α,β-unsaturated/α-hetero) is 1. The van der Waals surface area contributed by atoms with E-state index in [1.165, 1.54) is 0 Å². The van der Waals surface area contributed by atoms with E-state index >= 15 is 0 Å². The smallest absolute Gasteiger partial charge is 0.176 e. The largest absolute Gasteiger partial charge is 0.497 e. The zero-order valence-corrected chi connectivity index (χ0v) is 14.4. The third kappa shape index (κ3) is 4.02. The van der Waals surface area contributed by atoms with Crippen molar-refractivity contribution in [2.75, 3.05) is 46.9 Å². The summed E-state index contributed by atoms with van der Waals surface area (Å²) in [6, 6.07) is 15.8. The van der Waals surface area contributed by atoms with Gasteiger partial charge in [-0.1, -0.05) is 36.4 Å². The molecule has 4 nitrogen and oxygen atoms in total. The number of likely N-dealkylation sites (N-methyl/N-ethyl adjacent to an activating group) is 1. The maximum absolute atomic E-state index is 12.5. The Balaban J connectivity index is 1.64. The van der Waals surface area contributed by atoms with E-state index in [0.717, 1.165) is 48.6 Å². The van der Waals surface area contributed by atoms with Crippen molar-refractivity contribution in [3.63, 3.8) is 0 Å². The van der Waals surface area contributed by atoms with Gasteiger partial charge in [-0.15, -0.1) is 0 Å². The van der Waals surface area contributed by atoms with E-state index in [1.54, 1.807) is 7.11 Å². The normalized spacial score (nSPS) is 16.1. The molecule has 2 aromatic rings. The summed E-state index contributed by atoms with van der Waals surface area (Å²) in [5.41, 5.74) is 3.01. The molecule has 1 heterocycles. The van der Waals surface area contributed by atoms with Gasteiger partial charge >= 0.3 is 0 Å². The third-order valence-corrected chi connectivity index (χ3v) is 4.59. The van der Waals surface area contributed by atoms with Crippen molar-refractivity contribution in [3.05, 3.63) is 54.1 Å². The van der Waals surface area contributed by atoms with Gasteiger partial charge in [-0.25, -0.2) is 0 Å². The quantitative estimate of drug-likeness (QED) is 0.792. The van der Waals surface area contributed by atoms with Crippen LogP contribution in [0.15, 0.2) is 48.5 Å². The first-order chi connectivity index (χ1) is 11.7. The number of hydrogen-bond acceptors (Lipinski definition) is 4. The fraction of sp³-hybridized carbons (Fsp3) is 0.350. The first kappa shape index (κ1) is 16.7. The molecule has 0 N–H and O–H groups in total. The maximum atomic E-state index is 12.5. The van der Waals surface area contributed by atoms with Gasteiger partial charge in [0.15, 0.2) is 5.78 Å². The van der Waals surface area contributed by atoms with Crippen molar-refractivity contribution in [3.8, 4) is 16.9 Å². The molecule has 0 aliphatic carbocycles. The Morgan fingerprint density at radius 2 is 1.46 bits per heavy atom. The van der Waals surface area contributed by atoms with Crippen LogP contribution in [-0.2, 0) is 0 Å². The SMILES string of the molecule is COc1ccc(-c2ccc(C(=O)CN3CCN(C)CC3)cc2)cc1. The summed E-state index contributed by atoms with van der Waals surface area (Å²) >= 11 is 0. The molecule has 1 saturated heterocycles. The number of hydrogen-bond donors (Lipinski definition) is 0. The van der Waals surface area contributed by atoms with Crippen LogP contribution in [0.3, 0.4) is 0 Å². The fourth-order valence-corrected chi connectivity index (χ4v) is 2.93. The van der Waals surface area contributed by atoms with E-state index in [4.69, 9.17) is 4.74 Å². The highest BCUT2D eigenvalue weighted by Crippen LogP contribution is 2.22. The molecule has 2 aromatic carbocycles. The standard InChI is InChI=1S/C20H24N2O2/c1-21-11-13-22(14-12-21)15-20(23)18-5-3-16(4-6-18)17-7-9-19(24-2)10-8-17/h3-10H,11-15H2,1-2H3. The molecule has 0 unspecified atom stereocenters. The minimum Gasteiger partial charge on any atom is -0.497 e. The number of piperazine rings is 1. The molecule has 0 amide bonds. The van der Waals surface area contributed by atoms with Gasteiger partial charge in [-0.3, -0.25) is 9.69 Å². The minimum atomic E-state index is 0.195. The van der Waals surface area contributed by atoms with Gasteiger partial charge in [0.25, 0.3) is 0 Å². The fourth-order valence-electron chi connectivity index (χ4n) is 2.93. The Hall–Kier alpha value is -2.17. The lowest BCUT2D eigenvalue weighted by Gasteiger charge is -2.31. The van der Waals surface area contributed by atoms with Gasteiger partial charge < -0.3 is 9.64 Å². The number of rotatable bonds is 5. The summed E-state index contributed by atoms with van der Waals surface area (Å²) in [5, 5.41) is 0. The molecular weight excluding hydrogens is 300 g/mol. The van der Waals surface area contributed by atoms with Gasteiger partial charge in [0.05, 0.1) is 13.7 Å². The van der Waals surface area contributed by atoms with Gasteiger partial charge in [0.1, 0.15) is 5.75 Å². The molecular formula is C20H24N2O2. The number of carbonyl (C=O) groups excluding carboxylic acids is 1. The van der Waals surface area contributed by atoms with E-state index in [-0.39, 0.29) is 5.78 Å². The van der Waals surface area contributed by atoms with E-state index in [0.29, 0.717) is 6.54 Å². The average Bonchev–Trinajstić information content (AvgIpc) is 2.64. The number of carbonyl (C=O) groups is 1. The van der Waals surface area contributed by atoms with Crippen molar-refractivity contribution in [2.45, 2.75) is 0 Å². The number of methoxy groups -OCH3 is 1. The zero-order chi connectivity index (χ0) is 16.9. The first-order valence-corrected chi connectivity index (χ1v) is 8.34. The van der Waals surface area contributed by atoms with Crippen molar-refractivity contribution in [1.29, 1.82) is 0 Å². The highest BCUT2D eigenvalue weighted by molar-refractivity contribution is 5.98. The number of ether oxygens (including phenoxy) is 1. The molecule has 24 heavy (non-hydrogen) atoms. The highest BCUT2D eigenvalue weighted by Gasteiger charge is 2.17. The van der Waals surface area contributed by atoms with Crippen molar-refractivity contribution in [1.82, 2.24) is 9.80 Å². The lowest BCUT2D eigenvalue weighted by Crippen LogP contribution is -2.46. The van der Waals surface area contributed by atoms with Crippen LogP contribution in [0, 0.1) is 0 Å². The first-order valence-electron chi connectivity index (χ1n) is 8.34. The molecule has 0 radical (unpaired) electrons. The Labute approximate surface area is 143 Å². The van der Waals surface area contributed by atoms with Gasteiger partial charge in [0, 0.05) is 31.7 Å². The molecule has 1 aliphatic rings. The summed E-state index contributed by atoms with van der Waals surface area (Å²) < 4.78 is 5.18. The van der Waals surface area contributed by atoms with Crippen LogP contribution in [0.25, 0.3) is 11.1 Å². The molecule has 126 valence electrons. The molecule has 0 bridgehead atoms. The van der Waals surface area contributed by atoms with E-state index in [2.05, 4.69) is 16.8 Å². The predicted molar refractivity (Wildman–Crippen MR) is 96.7 cm³/mol. The van der Waals surface area contributed by atoms with Crippen LogP contribution in [0.1, 0.15) is 10.4 Å². The minimum absolute atomic E-state index is 0.195. The maximum Gasteiger partial charge on any atom is 0.176 e. The van der Waals surface area contributed by atoms with Crippen LogP contribution in [0.2, 0.25) is 0 Å². The summed E-state index contributed by atoms with van der Waals surface area (Å²) in [6.07, 6.45) is 0. The molecule has 4 heteroatoms. The summed E-state index contributed by atoms with van der Waals surface area (Å²) in [4.78, 5) is 17.0. The van der Waals surface area contributed by atoms with Crippen LogP contribution in [0.5, 0.6) is 5.75 Å². The molecule has 0 spiro atoms. The van der Waals surface area contributed by atoms with Crippen molar-refractivity contribution < 1.29 is 9.53 Å². The number of nitrogens with zero attached hydrogens (tertiary/aromatic N) is 2. The molecule has 3 rings (SSSR count). The molecule has 0 atom stereocenters. The average molecular weight is 324 g/mol. The van der Waals surface area contributed by atoms with Crippen LogP contribution in [-0.4, -0.2) is 62.5 Å². The summed E-state index contributed by atoms with van der Waals surface area (Å²) in [5.74, 6) is 1.04. The van der Waals surface area contributed by atoms with Crippen LogP contribution < -0.4 is 4.74 Å². The Morgan fingerprint density at radius 3 is 2.00 bits per heavy atom. The number of benzene rings is 2. The summed E-state index contributed by atoms with van der Waals surface area (Å²) in [6.45, 7) is 4.50. The lowest BCUT2D eigenvalue weighted by atomic mass is 10.0. The van der Waals surface area contributed by atoms with E-state index in [1.807, 2.05) is 48.5 Å². The molecule has 1 aliphatic heterocycles. The second kappa shape index (κ2) is 7.60.